The van der Waals surface area contributed by atoms with Crippen molar-refractivity contribution in [1.29, 1.82) is 0 Å². The first-order chi connectivity index (χ1) is 7.93. The minimum Gasteiger partial charge on any atom is -0.376 e. The highest BCUT2D eigenvalue weighted by atomic mass is 32.1. The summed E-state index contributed by atoms with van der Waals surface area (Å²) in [4.78, 5) is 11.1. The van der Waals surface area contributed by atoms with E-state index < -0.39 is 0 Å². The van der Waals surface area contributed by atoms with Gasteiger partial charge in [0.05, 0.1) is 0 Å². The van der Waals surface area contributed by atoms with Crippen LogP contribution in [0.4, 0.5) is 11.4 Å². The number of anilines is 2. The molecule has 0 unspecified atom stereocenters. The number of nitrogens with one attached hydrogen (secondary N) is 2. The first kappa shape index (κ1) is 13.4. The molecule has 0 fully saturated rings. The lowest BCUT2D eigenvalue weighted by molar-refractivity contribution is -0.114. The Morgan fingerprint density at radius 3 is 2.53 bits per heavy atom. The molecule has 0 saturated heterocycles. The molecule has 0 spiro atoms. The zero-order valence-corrected chi connectivity index (χ0v) is 11.1. The second kappa shape index (κ2) is 5.63. The molecule has 0 aliphatic heterocycles. The molecule has 0 aliphatic rings. The summed E-state index contributed by atoms with van der Waals surface area (Å²) < 4.78 is 0. The highest BCUT2D eigenvalue weighted by Gasteiger charge is 2.08. The lowest BCUT2D eigenvalue weighted by Gasteiger charge is -2.15. The molecule has 0 radical (unpaired) electrons. The number of hydrogen-bond acceptors (Lipinski definition) is 2. The number of nitrogens with two attached hydrogens (primary N) is 1. The van der Waals surface area contributed by atoms with E-state index in [1.54, 1.807) is 0 Å². The van der Waals surface area contributed by atoms with Crippen LogP contribution in [0.25, 0.3) is 0 Å². The molecule has 5 heteroatoms. The first-order valence-electron chi connectivity index (χ1n) is 5.41. The van der Waals surface area contributed by atoms with Gasteiger partial charge in [0, 0.05) is 18.3 Å². The second-order valence-corrected chi connectivity index (χ2v) is 4.29. The van der Waals surface area contributed by atoms with Gasteiger partial charge in [-0.25, -0.2) is 0 Å². The normalized spacial score (nSPS) is 9.82. The van der Waals surface area contributed by atoms with Crippen LogP contribution in [0, 0.1) is 6.92 Å². The van der Waals surface area contributed by atoms with Gasteiger partial charge in [0.15, 0.2) is 5.11 Å². The third kappa shape index (κ3) is 3.71. The van der Waals surface area contributed by atoms with Gasteiger partial charge in [-0.05, 0) is 48.8 Å². The molecule has 1 aromatic rings. The van der Waals surface area contributed by atoms with Crippen molar-refractivity contribution in [3.8, 4) is 0 Å². The minimum atomic E-state index is -0.0714. The van der Waals surface area contributed by atoms with Crippen LogP contribution in [0.1, 0.15) is 25.0 Å². The predicted molar refractivity (Wildman–Crippen MR) is 75.3 cm³/mol. The van der Waals surface area contributed by atoms with Gasteiger partial charge in [-0.3, -0.25) is 4.79 Å². The second-order valence-electron chi connectivity index (χ2n) is 3.85. The Morgan fingerprint density at radius 2 is 2.06 bits per heavy atom. The highest BCUT2D eigenvalue weighted by Crippen LogP contribution is 2.26. The fraction of sp³-hybridized carbons (Fsp3) is 0.333. The Hall–Kier alpha value is -1.62. The zero-order valence-electron chi connectivity index (χ0n) is 10.3. The molecule has 0 aromatic heterocycles. The van der Waals surface area contributed by atoms with Gasteiger partial charge in [-0.2, -0.15) is 0 Å². The molecule has 4 nitrogen and oxygen atoms in total. The van der Waals surface area contributed by atoms with Crippen LogP contribution < -0.4 is 16.4 Å². The number of carbonyl (C=O) groups excluding carboxylic acids is 1. The Labute approximate surface area is 107 Å². The van der Waals surface area contributed by atoms with Crippen molar-refractivity contribution >= 4 is 34.6 Å². The molecule has 0 heterocycles. The molecule has 0 aliphatic carbocycles. The predicted octanol–water partition coefficient (Wildman–Crippen LogP) is 2.17. The number of amides is 1. The van der Waals surface area contributed by atoms with Crippen molar-refractivity contribution in [2.45, 2.75) is 27.2 Å². The van der Waals surface area contributed by atoms with Crippen LogP contribution in [0.3, 0.4) is 0 Å². The van der Waals surface area contributed by atoms with Crippen LogP contribution in [0.5, 0.6) is 0 Å². The van der Waals surface area contributed by atoms with E-state index in [0.717, 1.165) is 28.9 Å². The number of carbonyl (C=O) groups is 1. The highest BCUT2D eigenvalue weighted by molar-refractivity contribution is 7.80. The fourth-order valence-corrected chi connectivity index (χ4v) is 1.83. The van der Waals surface area contributed by atoms with Crippen LogP contribution in [-0.4, -0.2) is 11.0 Å². The van der Waals surface area contributed by atoms with Crippen LogP contribution in [0.15, 0.2) is 12.1 Å². The summed E-state index contributed by atoms with van der Waals surface area (Å²) in [5.74, 6) is -0.0714. The van der Waals surface area contributed by atoms with Crippen molar-refractivity contribution in [3.63, 3.8) is 0 Å². The zero-order chi connectivity index (χ0) is 13.0. The summed E-state index contributed by atoms with van der Waals surface area (Å²) >= 11 is 4.80. The molecule has 1 amide bonds. The van der Waals surface area contributed by atoms with E-state index >= 15 is 0 Å². The molecule has 1 rings (SSSR count). The van der Waals surface area contributed by atoms with Gasteiger partial charge in [-0.15, -0.1) is 0 Å². The third-order valence-corrected chi connectivity index (χ3v) is 2.47. The van der Waals surface area contributed by atoms with Crippen molar-refractivity contribution < 1.29 is 4.79 Å². The molecule has 0 atom stereocenters. The van der Waals surface area contributed by atoms with E-state index in [0.29, 0.717) is 0 Å². The van der Waals surface area contributed by atoms with E-state index in [-0.39, 0.29) is 11.0 Å². The van der Waals surface area contributed by atoms with E-state index in [1.165, 1.54) is 6.92 Å². The summed E-state index contributed by atoms with van der Waals surface area (Å²) in [7, 11) is 0. The smallest absolute Gasteiger partial charge is 0.221 e. The monoisotopic (exact) mass is 251 g/mol. The van der Waals surface area contributed by atoms with Crippen LogP contribution in [-0.2, 0) is 11.2 Å². The van der Waals surface area contributed by atoms with Crippen molar-refractivity contribution in [1.82, 2.24) is 0 Å². The van der Waals surface area contributed by atoms with Gasteiger partial charge >= 0.3 is 0 Å². The molecule has 0 bridgehead atoms. The molecule has 92 valence electrons. The molecular weight excluding hydrogens is 234 g/mol. The average Bonchev–Trinajstić information content (AvgIpc) is 2.20. The topological polar surface area (TPSA) is 67.2 Å². The summed E-state index contributed by atoms with van der Waals surface area (Å²) in [6, 6.07) is 3.85. The van der Waals surface area contributed by atoms with Gasteiger partial charge in [0.25, 0.3) is 0 Å². The number of benzene rings is 1. The van der Waals surface area contributed by atoms with Crippen molar-refractivity contribution in [2.75, 3.05) is 10.6 Å². The molecule has 0 saturated carbocycles. The summed E-state index contributed by atoms with van der Waals surface area (Å²) in [5.41, 5.74) is 9.19. The Balaban J connectivity index is 3.15. The van der Waals surface area contributed by atoms with Gasteiger partial charge in [0.1, 0.15) is 0 Å². The van der Waals surface area contributed by atoms with Gasteiger partial charge < -0.3 is 16.4 Å². The minimum absolute atomic E-state index is 0.0714. The Morgan fingerprint density at radius 1 is 1.41 bits per heavy atom. The van der Waals surface area contributed by atoms with Crippen LogP contribution >= 0.6 is 12.2 Å². The Bertz CT molecular complexity index is 457. The molecular formula is C12H17N3OS. The summed E-state index contributed by atoms with van der Waals surface area (Å²) in [6.45, 7) is 5.47. The summed E-state index contributed by atoms with van der Waals surface area (Å²) in [5, 5.41) is 5.97. The van der Waals surface area contributed by atoms with Crippen LogP contribution in [0.2, 0.25) is 0 Å². The SMILES string of the molecule is CCc1cc(NC(N)=S)cc(C)c1NC(C)=O. The summed E-state index contributed by atoms with van der Waals surface area (Å²) in [6.07, 6.45) is 0.823. The first-order valence-corrected chi connectivity index (χ1v) is 5.82. The third-order valence-electron chi connectivity index (χ3n) is 2.37. The maximum absolute atomic E-state index is 11.1. The molecule has 17 heavy (non-hydrogen) atoms. The van der Waals surface area contributed by atoms with Gasteiger partial charge in [0.2, 0.25) is 5.91 Å². The average molecular weight is 251 g/mol. The van der Waals surface area contributed by atoms with E-state index in [9.17, 15) is 4.79 Å². The number of rotatable bonds is 3. The van der Waals surface area contributed by atoms with Gasteiger partial charge in [-0.1, -0.05) is 6.92 Å². The van der Waals surface area contributed by atoms with E-state index in [2.05, 4.69) is 10.6 Å². The fourth-order valence-electron chi connectivity index (χ4n) is 1.71. The van der Waals surface area contributed by atoms with Crippen molar-refractivity contribution in [3.05, 3.63) is 23.3 Å². The maximum Gasteiger partial charge on any atom is 0.221 e. The van der Waals surface area contributed by atoms with E-state index in [4.69, 9.17) is 18.0 Å². The lowest BCUT2D eigenvalue weighted by Crippen LogP contribution is -2.19. The lowest BCUT2D eigenvalue weighted by atomic mass is 10.0. The standard InChI is InChI=1S/C12H17N3OS/c1-4-9-6-10(15-12(13)17)5-7(2)11(9)14-8(3)16/h5-6H,4H2,1-3H3,(H,14,16)(H3,13,15,17). The number of aryl methyl sites for hydroxylation is 2. The molecule has 4 N–H and O–H groups in total. The quantitative estimate of drug-likeness (QED) is 0.720. The largest absolute Gasteiger partial charge is 0.376 e. The maximum atomic E-state index is 11.1. The van der Waals surface area contributed by atoms with E-state index in [1.807, 2.05) is 26.0 Å². The Kier molecular flexibility index (Phi) is 4.45. The molecule has 1 aromatic carbocycles. The van der Waals surface area contributed by atoms with Crippen molar-refractivity contribution in [2.24, 2.45) is 5.73 Å². The number of thiocarbonyl (C=S) groups is 1. The number of hydrogen-bond donors (Lipinski definition) is 3.